The predicted molar refractivity (Wildman–Crippen MR) is 81.6 cm³/mol. The number of carbonyl (C=O) groups is 1. The number of rotatable bonds is 2. The van der Waals surface area contributed by atoms with Gasteiger partial charge >= 0.3 is 0 Å². The van der Waals surface area contributed by atoms with E-state index in [-0.39, 0.29) is 11.7 Å². The molecule has 1 aromatic carbocycles. The maximum atomic E-state index is 12.5. The van der Waals surface area contributed by atoms with Gasteiger partial charge in [0, 0.05) is 38.8 Å². The Hall–Kier alpha value is -1.59. The standard InChI is InChI=1S/C16H23N3O2/c1-12-2-3-15(20)14(10-12)16(21)19-8-6-18(7-9-19)13-4-5-17-11-13/h2-3,10,13,17,20H,4-9,11H2,1H3. The summed E-state index contributed by atoms with van der Waals surface area (Å²) in [6.45, 7) is 7.41. The minimum atomic E-state index is -0.0552. The van der Waals surface area contributed by atoms with Crippen molar-refractivity contribution < 1.29 is 9.90 Å². The van der Waals surface area contributed by atoms with Crippen LogP contribution in [-0.4, -0.2) is 66.1 Å². The fourth-order valence-electron chi connectivity index (χ4n) is 3.23. The maximum absolute atomic E-state index is 12.5. The van der Waals surface area contributed by atoms with Crippen LogP contribution in [0.4, 0.5) is 0 Å². The zero-order chi connectivity index (χ0) is 14.8. The molecule has 21 heavy (non-hydrogen) atoms. The summed E-state index contributed by atoms with van der Waals surface area (Å²) in [7, 11) is 0. The van der Waals surface area contributed by atoms with Crippen LogP contribution in [-0.2, 0) is 0 Å². The number of hydrogen-bond acceptors (Lipinski definition) is 4. The van der Waals surface area contributed by atoms with E-state index in [4.69, 9.17) is 0 Å². The Morgan fingerprint density at radius 2 is 2.05 bits per heavy atom. The largest absolute Gasteiger partial charge is 0.507 e. The lowest BCUT2D eigenvalue weighted by Gasteiger charge is -2.37. The fraction of sp³-hybridized carbons (Fsp3) is 0.562. The molecule has 0 saturated carbocycles. The molecule has 5 heteroatoms. The van der Waals surface area contributed by atoms with E-state index in [1.807, 2.05) is 17.9 Å². The molecule has 2 heterocycles. The molecular formula is C16H23N3O2. The van der Waals surface area contributed by atoms with Crippen molar-refractivity contribution in [2.45, 2.75) is 19.4 Å². The van der Waals surface area contributed by atoms with Crippen LogP contribution in [0, 0.1) is 6.92 Å². The first-order valence-electron chi connectivity index (χ1n) is 7.69. The van der Waals surface area contributed by atoms with Crippen molar-refractivity contribution >= 4 is 5.91 Å². The van der Waals surface area contributed by atoms with Crippen LogP contribution in [0.15, 0.2) is 18.2 Å². The Labute approximate surface area is 125 Å². The van der Waals surface area contributed by atoms with Gasteiger partial charge in [0.1, 0.15) is 5.75 Å². The normalized spacial score (nSPS) is 23.5. The van der Waals surface area contributed by atoms with Gasteiger partial charge in [-0.05, 0) is 32.0 Å². The molecule has 1 atom stereocenters. The SMILES string of the molecule is Cc1ccc(O)c(C(=O)N2CCN(C3CCNC3)CC2)c1. The maximum Gasteiger partial charge on any atom is 0.257 e. The van der Waals surface area contributed by atoms with Crippen molar-refractivity contribution in [3.05, 3.63) is 29.3 Å². The van der Waals surface area contributed by atoms with Crippen LogP contribution in [0.3, 0.4) is 0 Å². The van der Waals surface area contributed by atoms with Gasteiger partial charge in [-0.25, -0.2) is 0 Å². The lowest BCUT2D eigenvalue weighted by molar-refractivity contribution is 0.0581. The number of hydrogen-bond donors (Lipinski definition) is 2. The van der Waals surface area contributed by atoms with Crippen molar-refractivity contribution in [3.63, 3.8) is 0 Å². The summed E-state index contributed by atoms with van der Waals surface area (Å²) in [5.41, 5.74) is 1.41. The second-order valence-electron chi connectivity index (χ2n) is 6.00. The quantitative estimate of drug-likeness (QED) is 0.846. The molecule has 0 bridgehead atoms. The molecule has 1 unspecified atom stereocenters. The zero-order valence-electron chi connectivity index (χ0n) is 12.5. The summed E-state index contributed by atoms with van der Waals surface area (Å²) < 4.78 is 0. The van der Waals surface area contributed by atoms with Crippen LogP contribution >= 0.6 is 0 Å². The van der Waals surface area contributed by atoms with Crippen molar-refractivity contribution in [1.82, 2.24) is 15.1 Å². The number of piperazine rings is 1. The van der Waals surface area contributed by atoms with Crippen molar-refractivity contribution in [3.8, 4) is 5.75 Å². The van der Waals surface area contributed by atoms with E-state index in [1.165, 1.54) is 6.42 Å². The van der Waals surface area contributed by atoms with Gasteiger partial charge in [0.2, 0.25) is 0 Å². The first kappa shape index (κ1) is 14.4. The highest BCUT2D eigenvalue weighted by atomic mass is 16.3. The number of nitrogens with zero attached hydrogens (tertiary/aromatic N) is 2. The third-order valence-electron chi connectivity index (χ3n) is 4.53. The first-order valence-corrected chi connectivity index (χ1v) is 7.69. The van der Waals surface area contributed by atoms with Gasteiger partial charge in [-0.2, -0.15) is 0 Å². The van der Waals surface area contributed by atoms with Crippen LogP contribution in [0.5, 0.6) is 5.75 Å². The summed E-state index contributed by atoms with van der Waals surface area (Å²) in [5.74, 6) is 0.0217. The van der Waals surface area contributed by atoms with Gasteiger partial charge in [0.25, 0.3) is 5.91 Å². The van der Waals surface area contributed by atoms with Gasteiger partial charge in [-0.1, -0.05) is 11.6 Å². The van der Waals surface area contributed by atoms with Crippen molar-refractivity contribution in [1.29, 1.82) is 0 Å². The molecule has 2 N–H and O–H groups in total. The molecule has 0 radical (unpaired) electrons. The van der Waals surface area contributed by atoms with Gasteiger partial charge in [-0.3, -0.25) is 9.69 Å². The van der Waals surface area contributed by atoms with Gasteiger partial charge < -0.3 is 15.3 Å². The number of phenolic OH excluding ortho intramolecular Hbond substituents is 1. The van der Waals surface area contributed by atoms with E-state index >= 15 is 0 Å². The average molecular weight is 289 g/mol. The highest BCUT2D eigenvalue weighted by Crippen LogP contribution is 2.21. The van der Waals surface area contributed by atoms with Gasteiger partial charge in [0.05, 0.1) is 5.56 Å². The first-order chi connectivity index (χ1) is 10.1. The monoisotopic (exact) mass is 289 g/mol. The van der Waals surface area contributed by atoms with Crippen LogP contribution in [0.1, 0.15) is 22.3 Å². The zero-order valence-corrected chi connectivity index (χ0v) is 12.5. The van der Waals surface area contributed by atoms with E-state index in [9.17, 15) is 9.90 Å². The highest BCUT2D eigenvalue weighted by Gasteiger charge is 2.28. The molecule has 2 fully saturated rings. The molecule has 5 nitrogen and oxygen atoms in total. The van der Waals surface area contributed by atoms with Gasteiger partial charge in [-0.15, -0.1) is 0 Å². The molecule has 0 aliphatic carbocycles. The molecule has 2 aliphatic heterocycles. The topological polar surface area (TPSA) is 55.8 Å². The van der Waals surface area contributed by atoms with Crippen LogP contribution in [0.2, 0.25) is 0 Å². The lowest BCUT2D eigenvalue weighted by Crippen LogP contribution is -2.52. The fourth-order valence-corrected chi connectivity index (χ4v) is 3.23. The average Bonchev–Trinajstić information content (AvgIpc) is 3.03. The molecule has 0 aromatic heterocycles. The molecule has 2 saturated heterocycles. The molecular weight excluding hydrogens is 266 g/mol. The molecule has 3 rings (SSSR count). The van der Waals surface area contributed by atoms with E-state index in [0.29, 0.717) is 11.6 Å². The summed E-state index contributed by atoms with van der Waals surface area (Å²) >= 11 is 0. The third kappa shape index (κ3) is 3.04. The number of carbonyl (C=O) groups excluding carboxylic acids is 1. The predicted octanol–water partition coefficient (Wildman–Crippen LogP) is 0.820. The van der Waals surface area contributed by atoms with E-state index in [1.54, 1.807) is 12.1 Å². The number of benzene rings is 1. The highest BCUT2D eigenvalue weighted by molar-refractivity contribution is 5.97. The number of nitrogens with one attached hydrogen (secondary N) is 1. The van der Waals surface area contributed by atoms with Crippen molar-refractivity contribution in [2.75, 3.05) is 39.3 Å². The second kappa shape index (κ2) is 6.03. The molecule has 114 valence electrons. The number of phenols is 1. The number of amides is 1. The summed E-state index contributed by atoms with van der Waals surface area (Å²) in [5, 5.41) is 13.3. The Bertz CT molecular complexity index is 518. The molecule has 1 aromatic rings. The number of aromatic hydroxyl groups is 1. The van der Waals surface area contributed by atoms with Crippen LogP contribution < -0.4 is 5.32 Å². The van der Waals surface area contributed by atoms with E-state index < -0.39 is 0 Å². The van der Waals surface area contributed by atoms with E-state index in [0.717, 1.165) is 44.8 Å². The summed E-state index contributed by atoms with van der Waals surface area (Å²) in [4.78, 5) is 16.9. The van der Waals surface area contributed by atoms with Crippen LogP contribution in [0.25, 0.3) is 0 Å². The Kier molecular flexibility index (Phi) is 4.12. The van der Waals surface area contributed by atoms with E-state index in [2.05, 4.69) is 10.2 Å². The smallest absolute Gasteiger partial charge is 0.257 e. The third-order valence-corrected chi connectivity index (χ3v) is 4.53. The Balaban J connectivity index is 1.63. The number of aryl methyl sites for hydroxylation is 1. The van der Waals surface area contributed by atoms with Crippen molar-refractivity contribution in [2.24, 2.45) is 0 Å². The Morgan fingerprint density at radius 3 is 2.71 bits per heavy atom. The minimum Gasteiger partial charge on any atom is -0.507 e. The minimum absolute atomic E-state index is 0.0552. The van der Waals surface area contributed by atoms with Gasteiger partial charge in [0.15, 0.2) is 0 Å². The second-order valence-corrected chi connectivity index (χ2v) is 6.00. The summed E-state index contributed by atoms with van der Waals surface area (Å²) in [6.07, 6.45) is 1.20. The Morgan fingerprint density at radius 1 is 1.29 bits per heavy atom. The summed E-state index contributed by atoms with van der Waals surface area (Å²) in [6, 6.07) is 5.81. The lowest BCUT2D eigenvalue weighted by atomic mass is 10.1. The molecule has 2 aliphatic rings. The molecule has 1 amide bonds. The molecule has 0 spiro atoms.